The maximum absolute atomic E-state index is 5.82. The summed E-state index contributed by atoms with van der Waals surface area (Å²) in [6.45, 7) is 14.7. The van der Waals surface area contributed by atoms with Crippen LogP contribution in [0.15, 0.2) is 12.1 Å². The lowest BCUT2D eigenvalue weighted by molar-refractivity contribution is -0.0253. The molecule has 1 atom stereocenters. The molecule has 0 saturated carbocycles. The Hall–Kier alpha value is -0.900. The van der Waals surface area contributed by atoms with Crippen LogP contribution in [0.2, 0.25) is 0 Å². The first-order valence-corrected chi connectivity index (χ1v) is 7.71. The molecule has 1 aromatic rings. The monoisotopic (exact) mass is 276 g/mol. The zero-order valence-corrected chi connectivity index (χ0v) is 13.3. The molecule has 1 N–H and O–H groups in total. The highest BCUT2D eigenvalue weighted by Crippen LogP contribution is 2.15. The molecule has 2 rings (SSSR count). The van der Waals surface area contributed by atoms with E-state index in [9.17, 15) is 0 Å². The van der Waals surface area contributed by atoms with Gasteiger partial charge in [0.25, 0.3) is 0 Å². The molecular formula is C17H28N2O. The minimum Gasteiger partial charge on any atom is -0.374 e. The van der Waals surface area contributed by atoms with Crippen LogP contribution in [0.25, 0.3) is 0 Å². The van der Waals surface area contributed by atoms with Gasteiger partial charge in [0.05, 0.1) is 12.7 Å². The van der Waals surface area contributed by atoms with E-state index in [1.54, 1.807) is 0 Å². The Labute approximate surface area is 123 Å². The lowest BCUT2D eigenvalue weighted by Gasteiger charge is -2.32. The third kappa shape index (κ3) is 4.05. The molecule has 0 aliphatic carbocycles. The van der Waals surface area contributed by atoms with Crippen LogP contribution in [0, 0.1) is 20.8 Å². The molecule has 0 radical (unpaired) electrons. The largest absolute Gasteiger partial charge is 0.374 e. The number of benzene rings is 1. The van der Waals surface area contributed by atoms with Gasteiger partial charge in [0.15, 0.2) is 0 Å². The maximum atomic E-state index is 5.82. The molecular weight excluding hydrogens is 248 g/mol. The van der Waals surface area contributed by atoms with Crippen LogP contribution in [-0.4, -0.2) is 43.8 Å². The average Bonchev–Trinajstić information content (AvgIpc) is 2.44. The number of hydrogen-bond acceptors (Lipinski definition) is 3. The Bertz CT molecular complexity index is 445. The topological polar surface area (TPSA) is 24.5 Å². The van der Waals surface area contributed by atoms with E-state index in [1.807, 2.05) is 0 Å². The number of rotatable bonds is 5. The molecule has 3 nitrogen and oxygen atoms in total. The number of nitrogens with one attached hydrogen (secondary N) is 1. The van der Waals surface area contributed by atoms with Crippen LogP contribution in [0.1, 0.15) is 29.2 Å². The summed E-state index contributed by atoms with van der Waals surface area (Å²) in [4.78, 5) is 2.46. The van der Waals surface area contributed by atoms with Crippen LogP contribution in [0.4, 0.5) is 0 Å². The molecule has 0 spiro atoms. The first kappa shape index (κ1) is 15.5. The highest BCUT2D eigenvalue weighted by molar-refractivity contribution is 5.36. The summed E-state index contributed by atoms with van der Waals surface area (Å²) in [5.41, 5.74) is 5.52. The maximum Gasteiger partial charge on any atom is 0.0826 e. The molecule has 1 fully saturated rings. The van der Waals surface area contributed by atoms with E-state index in [0.29, 0.717) is 6.10 Å². The van der Waals surface area contributed by atoms with Crippen LogP contribution in [-0.2, 0) is 11.3 Å². The Morgan fingerprint density at radius 1 is 1.20 bits per heavy atom. The molecule has 3 heteroatoms. The van der Waals surface area contributed by atoms with Gasteiger partial charge in [-0.25, -0.2) is 0 Å². The number of aryl methyl sites for hydroxylation is 3. The van der Waals surface area contributed by atoms with Crippen molar-refractivity contribution < 1.29 is 4.74 Å². The van der Waals surface area contributed by atoms with Gasteiger partial charge in [-0.1, -0.05) is 19.1 Å². The lowest BCUT2D eigenvalue weighted by atomic mass is 10.0. The summed E-state index contributed by atoms with van der Waals surface area (Å²) < 4.78 is 5.82. The third-order valence-electron chi connectivity index (χ3n) is 4.31. The van der Waals surface area contributed by atoms with Crippen LogP contribution in [0.5, 0.6) is 0 Å². The minimum absolute atomic E-state index is 0.329. The first-order chi connectivity index (χ1) is 9.60. The minimum atomic E-state index is 0.329. The highest BCUT2D eigenvalue weighted by atomic mass is 16.5. The number of nitrogens with zero attached hydrogens (tertiary/aromatic N) is 1. The summed E-state index contributed by atoms with van der Waals surface area (Å²) in [7, 11) is 0. The van der Waals surface area contributed by atoms with Gasteiger partial charge < -0.3 is 10.1 Å². The zero-order chi connectivity index (χ0) is 14.5. The van der Waals surface area contributed by atoms with Crippen molar-refractivity contribution in [2.24, 2.45) is 0 Å². The molecule has 0 bridgehead atoms. The third-order valence-corrected chi connectivity index (χ3v) is 4.31. The van der Waals surface area contributed by atoms with E-state index in [0.717, 1.165) is 39.3 Å². The Kier molecular flexibility index (Phi) is 5.58. The Morgan fingerprint density at radius 2 is 1.95 bits per heavy atom. The quantitative estimate of drug-likeness (QED) is 0.894. The molecule has 1 saturated heterocycles. The molecule has 0 amide bonds. The second-order valence-corrected chi connectivity index (χ2v) is 5.88. The van der Waals surface area contributed by atoms with Crippen molar-refractivity contribution in [2.45, 2.75) is 40.3 Å². The fraction of sp³-hybridized carbons (Fsp3) is 0.647. The predicted octanol–water partition coefficient (Wildman–Crippen LogP) is 2.42. The summed E-state index contributed by atoms with van der Waals surface area (Å²) in [5.74, 6) is 0. The van der Waals surface area contributed by atoms with Crippen molar-refractivity contribution in [3.8, 4) is 0 Å². The van der Waals surface area contributed by atoms with Gasteiger partial charge in [-0.05, 0) is 49.6 Å². The SMILES string of the molecule is CCN1CCOC(CNCc2cc(C)c(C)cc2C)C1. The van der Waals surface area contributed by atoms with Gasteiger partial charge in [-0.15, -0.1) is 0 Å². The fourth-order valence-corrected chi connectivity index (χ4v) is 2.77. The summed E-state index contributed by atoms with van der Waals surface area (Å²) in [6, 6.07) is 4.58. The Morgan fingerprint density at radius 3 is 2.70 bits per heavy atom. The van der Waals surface area contributed by atoms with Gasteiger partial charge in [0, 0.05) is 26.2 Å². The van der Waals surface area contributed by atoms with Crippen LogP contribution >= 0.6 is 0 Å². The number of morpholine rings is 1. The van der Waals surface area contributed by atoms with E-state index in [4.69, 9.17) is 4.74 Å². The normalized spacial score (nSPS) is 20.3. The van der Waals surface area contributed by atoms with E-state index in [-0.39, 0.29) is 0 Å². The zero-order valence-electron chi connectivity index (χ0n) is 13.3. The number of hydrogen-bond donors (Lipinski definition) is 1. The smallest absolute Gasteiger partial charge is 0.0826 e. The van der Waals surface area contributed by atoms with Gasteiger partial charge in [0.1, 0.15) is 0 Å². The molecule has 1 aliphatic heterocycles. The van der Waals surface area contributed by atoms with Crippen molar-refractivity contribution in [3.63, 3.8) is 0 Å². The second-order valence-electron chi connectivity index (χ2n) is 5.88. The second kappa shape index (κ2) is 7.21. The number of ether oxygens (including phenoxy) is 1. The molecule has 1 aromatic carbocycles. The van der Waals surface area contributed by atoms with Gasteiger partial charge in [0.2, 0.25) is 0 Å². The average molecular weight is 276 g/mol. The standard InChI is InChI=1S/C17H28N2O/c1-5-19-6-7-20-17(12-19)11-18-10-16-9-14(3)13(2)8-15(16)4/h8-9,17-18H,5-7,10-12H2,1-4H3. The van der Waals surface area contributed by atoms with E-state index in [2.05, 4.69) is 50.0 Å². The van der Waals surface area contributed by atoms with Crippen molar-refractivity contribution in [1.29, 1.82) is 0 Å². The molecule has 20 heavy (non-hydrogen) atoms. The van der Waals surface area contributed by atoms with Crippen molar-refractivity contribution in [3.05, 3.63) is 34.4 Å². The predicted molar refractivity (Wildman–Crippen MR) is 84.2 cm³/mol. The van der Waals surface area contributed by atoms with Gasteiger partial charge in [-0.2, -0.15) is 0 Å². The van der Waals surface area contributed by atoms with E-state index in [1.165, 1.54) is 22.3 Å². The molecule has 1 heterocycles. The summed E-state index contributed by atoms with van der Waals surface area (Å²) in [6.07, 6.45) is 0.329. The first-order valence-electron chi connectivity index (χ1n) is 7.71. The lowest BCUT2D eigenvalue weighted by Crippen LogP contribution is -2.46. The van der Waals surface area contributed by atoms with Crippen LogP contribution < -0.4 is 5.32 Å². The molecule has 1 aliphatic rings. The molecule has 112 valence electrons. The van der Waals surface area contributed by atoms with Crippen molar-refractivity contribution in [2.75, 3.05) is 32.8 Å². The summed E-state index contributed by atoms with van der Waals surface area (Å²) >= 11 is 0. The van der Waals surface area contributed by atoms with Gasteiger partial charge >= 0.3 is 0 Å². The molecule has 1 unspecified atom stereocenters. The van der Waals surface area contributed by atoms with Crippen LogP contribution in [0.3, 0.4) is 0 Å². The fourth-order valence-electron chi connectivity index (χ4n) is 2.77. The van der Waals surface area contributed by atoms with E-state index >= 15 is 0 Å². The summed E-state index contributed by atoms with van der Waals surface area (Å²) in [5, 5.41) is 3.55. The highest BCUT2D eigenvalue weighted by Gasteiger charge is 2.18. The van der Waals surface area contributed by atoms with Crippen molar-refractivity contribution >= 4 is 0 Å². The van der Waals surface area contributed by atoms with E-state index < -0.39 is 0 Å². The number of likely N-dealkylation sites (N-methyl/N-ethyl adjacent to an activating group) is 1. The Balaban J connectivity index is 1.82. The van der Waals surface area contributed by atoms with Gasteiger partial charge in [-0.3, -0.25) is 4.90 Å². The van der Waals surface area contributed by atoms with Crippen molar-refractivity contribution in [1.82, 2.24) is 10.2 Å². The molecule has 0 aromatic heterocycles.